The summed E-state index contributed by atoms with van der Waals surface area (Å²) >= 11 is 2.23. The molecule has 2 nitrogen and oxygen atoms in total. The highest BCUT2D eigenvalue weighted by atomic mass is 127. The highest BCUT2D eigenvalue weighted by Gasteiger charge is 2.05. The lowest BCUT2D eigenvalue weighted by atomic mass is 10.1. The van der Waals surface area contributed by atoms with Crippen molar-refractivity contribution < 1.29 is 9.18 Å². The fraction of sp³-hybridized carbons (Fsp3) is 0.364. The van der Waals surface area contributed by atoms with Crippen LogP contribution in [0.25, 0.3) is 0 Å². The van der Waals surface area contributed by atoms with Crippen LogP contribution in [0, 0.1) is 5.82 Å². The molecule has 4 heteroatoms. The van der Waals surface area contributed by atoms with Crippen LogP contribution >= 0.6 is 22.6 Å². The first-order valence-corrected chi connectivity index (χ1v) is 6.23. The Hall–Kier alpha value is -0.650. The lowest BCUT2D eigenvalue weighted by molar-refractivity contribution is -0.120. The summed E-state index contributed by atoms with van der Waals surface area (Å²) < 4.78 is 14.2. The minimum atomic E-state index is -0.229. The van der Waals surface area contributed by atoms with Crippen molar-refractivity contribution in [2.45, 2.75) is 17.3 Å². The minimum Gasteiger partial charge on any atom is -0.359 e. The van der Waals surface area contributed by atoms with Crippen LogP contribution < -0.4 is 5.32 Å². The summed E-state index contributed by atoms with van der Waals surface area (Å²) in [5.74, 6) is -0.290. The Morgan fingerprint density at radius 1 is 1.53 bits per heavy atom. The average molecular weight is 321 g/mol. The van der Waals surface area contributed by atoms with Gasteiger partial charge in [-0.2, -0.15) is 0 Å². The smallest absolute Gasteiger partial charge is 0.220 e. The lowest BCUT2D eigenvalue weighted by Crippen LogP contribution is -2.18. The first-order chi connectivity index (χ1) is 7.17. The summed E-state index contributed by atoms with van der Waals surface area (Å²) in [7, 11) is 1.58. The molecule has 0 fully saturated rings. The molecule has 0 saturated carbocycles. The molecule has 0 spiro atoms. The molecule has 15 heavy (non-hydrogen) atoms. The molecule has 0 radical (unpaired) electrons. The molecule has 0 heterocycles. The molecule has 1 N–H and O–H groups in total. The molecule has 0 bridgehead atoms. The molecule has 1 aromatic rings. The van der Waals surface area contributed by atoms with E-state index in [1.807, 2.05) is 6.07 Å². The van der Waals surface area contributed by atoms with Crippen LogP contribution in [0.15, 0.2) is 18.2 Å². The van der Waals surface area contributed by atoms with Gasteiger partial charge in [0.05, 0.1) is 0 Å². The molecule has 0 aliphatic carbocycles. The summed E-state index contributed by atoms with van der Waals surface area (Å²) in [5, 5.41) is 2.52. The quantitative estimate of drug-likeness (QED) is 0.670. The number of hydrogen-bond donors (Lipinski definition) is 1. The van der Waals surface area contributed by atoms with E-state index in [1.54, 1.807) is 13.1 Å². The van der Waals surface area contributed by atoms with Crippen molar-refractivity contribution in [3.05, 3.63) is 35.1 Å². The number of carbonyl (C=O) groups excluding carboxylic acids is 1. The normalized spacial score (nSPS) is 10.1. The summed E-state index contributed by atoms with van der Waals surface area (Å²) in [6, 6.07) is 5.06. The number of nitrogens with one attached hydrogen (secondary N) is 1. The molecule has 1 rings (SSSR count). The number of rotatable bonds is 4. The molecule has 1 aromatic carbocycles. The zero-order chi connectivity index (χ0) is 11.3. The fourth-order valence-corrected chi connectivity index (χ4v) is 1.75. The van der Waals surface area contributed by atoms with Crippen LogP contribution in [-0.2, 0) is 15.6 Å². The summed E-state index contributed by atoms with van der Waals surface area (Å²) in [6.45, 7) is 0. The molecule has 82 valence electrons. The van der Waals surface area contributed by atoms with E-state index in [2.05, 4.69) is 27.9 Å². The standard InChI is InChI=1S/C11H13FINO/c1-14-11(15)5-3-9-6-8(7-13)2-4-10(9)12/h2,4,6H,3,5,7H2,1H3,(H,14,15). The minimum absolute atomic E-state index is 0.0609. The van der Waals surface area contributed by atoms with Gasteiger partial charge in [-0.15, -0.1) is 0 Å². The van der Waals surface area contributed by atoms with Crippen molar-refractivity contribution in [2.75, 3.05) is 7.05 Å². The highest BCUT2D eigenvalue weighted by molar-refractivity contribution is 14.1. The number of alkyl halides is 1. The Balaban J connectivity index is 2.70. The fourth-order valence-electron chi connectivity index (χ4n) is 1.28. The summed E-state index contributed by atoms with van der Waals surface area (Å²) in [6.07, 6.45) is 0.786. The van der Waals surface area contributed by atoms with Crippen LogP contribution in [0.1, 0.15) is 17.5 Å². The van der Waals surface area contributed by atoms with Gasteiger partial charge in [-0.25, -0.2) is 4.39 Å². The van der Waals surface area contributed by atoms with Crippen LogP contribution in [0.4, 0.5) is 4.39 Å². The number of carbonyl (C=O) groups is 1. The number of amides is 1. The van der Waals surface area contributed by atoms with E-state index in [9.17, 15) is 9.18 Å². The molecular formula is C11H13FINO. The second-order valence-electron chi connectivity index (χ2n) is 3.23. The molecule has 0 atom stereocenters. The molecule has 0 unspecified atom stereocenters. The van der Waals surface area contributed by atoms with E-state index in [-0.39, 0.29) is 11.7 Å². The third-order valence-corrected chi connectivity index (χ3v) is 3.05. The van der Waals surface area contributed by atoms with Crippen LogP contribution in [-0.4, -0.2) is 13.0 Å². The topological polar surface area (TPSA) is 29.1 Å². The monoisotopic (exact) mass is 321 g/mol. The number of benzene rings is 1. The molecule has 0 aliphatic rings. The van der Waals surface area contributed by atoms with Gasteiger partial charge >= 0.3 is 0 Å². The Bertz CT molecular complexity index is 354. The predicted octanol–water partition coefficient (Wildman–Crippen LogP) is 2.44. The summed E-state index contributed by atoms with van der Waals surface area (Å²) in [5.41, 5.74) is 1.71. The van der Waals surface area contributed by atoms with Gasteiger partial charge in [-0.3, -0.25) is 4.79 Å². The van der Waals surface area contributed by atoms with E-state index in [0.29, 0.717) is 18.4 Å². The van der Waals surface area contributed by atoms with Gasteiger partial charge < -0.3 is 5.32 Å². The number of aryl methyl sites for hydroxylation is 1. The van der Waals surface area contributed by atoms with Crippen molar-refractivity contribution >= 4 is 28.5 Å². The van der Waals surface area contributed by atoms with Gasteiger partial charge in [0.1, 0.15) is 5.82 Å². The number of halogens is 2. The van der Waals surface area contributed by atoms with Gasteiger partial charge in [0, 0.05) is 17.9 Å². The number of hydrogen-bond acceptors (Lipinski definition) is 1. The molecule has 0 aromatic heterocycles. The Morgan fingerprint density at radius 2 is 2.27 bits per heavy atom. The van der Waals surface area contributed by atoms with Crippen molar-refractivity contribution in [3.63, 3.8) is 0 Å². The van der Waals surface area contributed by atoms with Crippen LogP contribution in [0.5, 0.6) is 0 Å². The maximum absolute atomic E-state index is 13.3. The van der Waals surface area contributed by atoms with E-state index < -0.39 is 0 Å². The third kappa shape index (κ3) is 3.77. The lowest BCUT2D eigenvalue weighted by Gasteiger charge is -2.04. The Morgan fingerprint density at radius 3 is 2.87 bits per heavy atom. The van der Waals surface area contributed by atoms with Crippen LogP contribution in [0.3, 0.4) is 0 Å². The van der Waals surface area contributed by atoms with Gasteiger partial charge in [0.15, 0.2) is 0 Å². The van der Waals surface area contributed by atoms with Crippen molar-refractivity contribution in [2.24, 2.45) is 0 Å². The van der Waals surface area contributed by atoms with Gasteiger partial charge in [0.2, 0.25) is 5.91 Å². The van der Waals surface area contributed by atoms with E-state index in [1.165, 1.54) is 6.07 Å². The van der Waals surface area contributed by atoms with Gasteiger partial charge in [0.25, 0.3) is 0 Å². The summed E-state index contributed by atoms with van der Waals surface area (Å²) in [4.78, 5) is 11.0. The maximum Gasteiger partial charge on any atom is 0.220 e. The van der Waals surface area contributed by atoms with Crippen molar-refractivity contribution in [3.8, 4) is 0 Å². The second kappa shape index (κ2) is 6.05. The zero-order valence-corrected chi connectivity index (χ0v) is 10.7. The molecule has 1 amide bonds. The molecule has 0 saturated heterocycles. The highest BCUT2D eigenvalue weighted by Crippen LogP contribution is 2.14. The van der Waals surface area contributed by atoms with E-state index in [4.69, 9.17) is 0 Å². The Kier molecular flexibility index (Phi) is 5.01. The SMILES string of the molecule is CNC(=O)CCc1cc(CI)ccc1F. The van der Waals surface area contributed by atoms with Gasteiger partial charge in [-0.1, -0.05) is 34.7 Å². The van der Waals surface area contributed by atoms with Crippen LogP contribution in [0.2, 0.25) is 0 Å². The third-order valence-electron chi connectivity index (χ3n) is 2.16. The average Bonchev–Trinajstić information content (AvgIpc) is 2.27. The predicted molar refractivity (Wildman–Crippen MR) is 66.5 cm³/mol. The van der Waals surface area contributed by atoms with Crippen molar-refractivity contribution in [1.29, 1.82) is 0 Å². The second-order valence-corrected chi connectivity index (χ2v) is 4.00. The molecule has 0 aliphatic heterocycles. The first-order valence-electron chi connectivity index (χ1n) is 4.71. The largest absolute Gasteiger partial charge is 0.359 e. The zero-order valence-electron chi connectivity index (χ0n) is 8.52. The van der Waals surface area contributed by atoms with Gasteiger partial charge in [-0.05, 0) is 23.6 Å². The first kappa shape index (κ1) is 12.4. The van der Waals surface area contributed by atoms with E-state index >= 15 is 0 Å². The molecular weight excluding hydrogens is 308 g/mol. The maximum atomic E-state index is 13.3. The van der Waals surface area contributed by atoms with E-state index in [0.717, 1.165) is 9.99 Å². The van der Waals surface area contributed by atoms with Crippen molar-refractivity contribution in [1.82, 2.24) is 5.32 Å². The Labute approximate surface area is 102 Å².